The van der Waals surface area contributed by atoms with Gasteiger partial charge in [-0.2, -0.15) is 4.98 Å². The molecule has 1 aromatic rings. The third kappa shape index (κ3) is 4.21. The van der Waals surface area contributed by atoms with Gasteiger partial charge in [-0.15, -0.1) is 0 Å². The molecule has 2 N–H and O–H groups in total. The number of sulfone groups is 1. The predicted molar refractivity (Wildman–Crippen MR) is 105 cm³/mol. The Kier molecular flexibility index (Phi) is 5.29. The summed E-state index contributed by atoms with van der Waals surface area (Å²) in [5, 5.41) is 6.85. The maximum Gasteiger partial charge on any atom is 0.225 e. The van der Waals surface area contributed by atoms with Crippen LogP contribution in [0.3, 0.4) is 0 Å². The number of nitrogens with one attached hydrogen (secondary N) is 2. The summed E-state index contributed by atoms with van der Waals surface area (Å²) in [5.41, 5.74) is 0. The maximum atomic E-state index is 12.7. The van der Waals surface area contributed by atoms with Crippen LogP contribution in [0.2, 0.25) is 0 Å². The van der Waals surface area contributed by atoms with E-state index in [1.54, 1.807) is 19.4 Å². The lowest BCUT2D eigenvalue weighted by Crippen LogP contribution is -2.59. The number of rotatable bonds is 8. The fourth-order valence-corrected chi connectivity index (χ4v) is 7.06. The third-order valence-corrected chi connectivity index (χ3v) is 9.00. The quantitative estimate of drug-likeness (QED) is 0.697. The molecule has 0 amide bonds. The molecule has 2 aliphatic carbocycles. The number of hydrogen-bond donors (Lipinski definition) is 2. The van der Waals surface area contributed by atoms with Gasteiger partial charge in [0.15, 0.2) is 9.84 Å². The van der Waals surface area contributed by atoms with Crippen molar-refractivity contribution in [3.05, 3.63) is 12.3 Å². The highest BCUT2D eigenvalue weighted by molar-refractivity contribution is 7.92. The minimum atomic E-state index is -2.99. The van der Waals surface area contributed by atoms with Crippen molar-refractivity contribution in [2.75, 3.05) is 31.3 Å². The van der Waals surface area contributed by atoms with Gasteiger partial charge in [0.05, 0.1) is 17.6 Å². The number of aromatic nitrogens is 2. The van der Waals surface area contributed by atoms with Crippen LogP contribution in [-0.2, 0) is 9.84 Å². The van der Waals surface area contributed by atoms with Crippen molar-refractivity contribution >= 4 is 15.8 Å². The summed E-state index contributed by atoms with van der Waals surface area (Å²) in [6, 6.07) is 2.05. The SMILES string of the molecule is COc1ccnc(NCC2CC3(C2)CC(NCCC2CC2)CCS3(=O)=O)n1. The lowest BCUT2D eigenvalue weighted by atomic mass is 9.70. The number of hydrogen-bond acceptors (Lipinski definition) is 7. The molecule has 150 valence electrons. The molecule has 7 nitrogen and oxygen atoms in total. The highest BCUT2D eigenvalue weighted by atomic mass is 32.2. The fourth-order valence-electron chi connectivity index (χ4n) is 4.60. The van der Waals surface area contributed by atoms with E-state index in [4.69, 9.17) is 4.74 Å². The van der Waals surface area contributed by atoms with Crippen LogP contribution < -0.4 is 15.4 Å². The highest BCUT2D eigenvalue weighted by Gasteiger charge is 2.56. The Morgan fingerprint density at radius 2 is 2.04 bits per heavy atom. The molecule has 3 aliphatic rings. The predicted octanol–water partition coefficient (Wildman–Crippen LogP) is 2.01. The molecule has 3 fully saturated rings. The van der Waals surface area contributed by atoms with Gasteiger partial charge in [-0.05, 0) is 50.5 Å². The maximum absolute atomic E-state index is 12.7. The Bertz CT molecular complexity index is 760. The van der Waals surface area contributed by atoms with Crippen LogP contribution in [0.5, 0.6) is 5.88 Å². The van der Waals surface area contributed by atoms with E-state index >= 15 is 0 Å². The topological polar surface area (TPSA) is 93.2 Å². The first-order valence-electron chi connectivity index (χ1n) is 10.1. The average molecular weight is 395 g/mol. The van der Waals surface area contributed by atoms with E-state index in [2.05, 4.69) is 20.6 Å². The molecular weight excluding hydrogens is 364 g/mol. The molecule has 1 atom stereocenters. The van der Waals surface area contributed by atoms with Crippen LogP contribution in [0.15, 0.2) is 12.3 Å². The number of methoxy groups -OCH3 is 1. The van der Waals surface area contributed by atoms with Crippen molar-refractivity contribution < 1.29 is 13.2 Å². The normalized spacial score (nSPS) is 32.0. The second kappa shape index (κ2) is 7.54. The van der Waals surface area contributed by atoms with E-state index in [-0.39, 0.29) is 0 Å². The second-order valence-corrected chi connectivity index (χ2v) is 11.0. The first-order valence-corrected chi connectivity index (χ1v) is 11.7. The molecule has 1 unspecified atom stereocenters. The molecule has 1 aliphatic heterocycles. The van der Waals surface area contributed by atoms with Gasteiger partial charge in [0.25, 0.3) is 0 Å². The Hall–Kier alpha value is -1.41. The Balaban J connectivity index is 1.28. The van der Waals surface area contributed by atoms with Crippen LogP contribution in [0.4, 0.5) is 5.95 Å². The summed E-state index contributed by atoms with van der Waals surface area (Å²) in [4.78, 5) is 8.43. The molecule has 4 rings (SSSR count). The van der Waals surface area contributed by atoms with Crippen molar-refractivity contribution in [2.45, 2.75) is 55.7 Å². The van der Waals surface area contributed by atoms with Crippen LogP contribution in [0.1, 0.15) is 44.9 Å². The second-order valence-electron chi connectivity index (χ2n) is 8.46. The zero-order chi connectivity index (χ0) is 18.9. The summed E-state index contributed by atoms with van der Waals surface area (Å²) >= 11 is 0. The van der Waals surface area contributed by atoms with Gasteiger partial charge in [-0.1, -0.05) is 12.8 Å². The van der Waals surface area contributed by atoms with Crippen LogP contribution >= 0.6 is 0 Å². The molecule has 0 bridgehead atoms. The molecule has 8 heteroatoms. The minimum absolute atomic E-state index is 0.327. The molecule has 0 aromatic carbocycles. The summed E-state index contributed by atoms with van der Waals surface area (Å²) in [6.45, 7) is 1.73. The lowest BCUT2D eigenvalue weighted by Gasteiger charge is -2.51. The van der Waals surface area contributed by atoms with Crippen molar-refractivity contribution in [1.29, 1.82) is 0 Å². The first kappa shape index (κ1) is 18.9. The van der Waals surface area contributed by atoms with Crippen molar-refractivity contribution in [3.63, 3.8) is 0 Å². The fraction of sp³-hybridized carbons (Fsp3) is 0.789. The van der Waals surface area contributed by atoms with Crippen molar-refractivity contribution in [1.82, 2.24) is 15.3 Å². The zero-order valence-electron chi connectivity index (χ0n) is 16.0. The summed E-state index contributed by atoms with van der Waals surface area (Å²) in [7, 11) is -1.42. The zero-order valence-corrected chi connectivity index (χ0v) is 16.8. The largest absolute Gasteiger partial charge is 0.481 e. The van der Waals surface area contributed by atoms with Crippen LogP contribution in [0.25, 0.3) is 0 Å². The van der Waals surface area contributed by atoms with Gasteiger partial charge in [0.2, 0.25) is 11.8 Å². The van der Waals surface area contributed by atoms with E-state index < -0.39 is 14.6 Å². The number of nitrogens with zero attached hydrogens (tertiary/aromatic N) is 2. The van der Waals surface area contributed by atoms with Gasteiger partial charge < -0.3 is 15.4 Å². The van der Waals surface area contributed by atoms with E-state index in [1.165, 1.54) is 19.3 Å². The molecule has 27 heavy (non-hydrogen) atoms. The van der Waals surface area contributed by atoms with E-state index in [1.807, 2.05) is 0 Å². The highest BCUT2D eigenvalue weighted by Crippen LogP contribution is 2.50. The molecule has 1 saturated heterocycles. The number of anilines is 1. The van der Waals surface area contributed by atoms with E-state index in [9.17, 15) is 8.42 Å². The Morgan fingerprint density at radius 1 is 1.22 bits per heavy atom. The van der Waals surface area contributed by atoms with Gasteiger partial charge in [-0.25, -0.2) is 13.4 Å². The van der Waals surface area contributed by atoms with Crippen LogP contribution in [0, 0.1) is 11.8 Å². The molecular formula is C19H30N4O3S. The average Bonchev–Trinajstić information content (AvgIpc) is 3.44. The van der Waals surface area contributed by atoms with E-state index in [0.29, 0.717) is 36.1 Å². The molecule has 1 aromatic heterocycles. The molecule has 2 heterocycles. The third-order valence-electron chi connectivity index (χ3n) is 6.41. The Labute approximate surface area is 161 Å². The summed E-state index contributed by atoms with van der Waals surface area (Å²) < 4.78 is 30.1. The Morgan fingerprint density at radius 3 is 2.78 bits per heavy atom. The lowest BCUT2D eigenvalue weighted by molar-refractivity contribution is 0.187. The monoisotopic (exact) mass is 394 g/mol. The van der Waals surface area contributed by atoms with Crippen molar-refractivity contribution in [3.8, 4) is 5.88 Å². The van der Waals surface area contributed by atoms with Gasteiger partial charge >= 0.3 is 0 Å². The minimum Gasteiger partial charge on any atom is -0.481 e. The standard InChI is InChI=1S/C19H30N4O3S/c1-26-17-5-8-21-18(23-17)22-13-15-10-19(11-15)12-16(6-9-27(19,24)25)20-7-4-14-2-3-14/h5,8,14-16,20H,2-4,6-7,9-13H2,1H3,(H,21,22,23). The van der Waals surface area contributed by atoms with Gasteiger partial charge in [0, 0.05) is 24.8 Å². The van der Waals surface area contributed by atoms with Gasteiger partial charge in [-0.3, -0.25) is 0 Å². The van der Waals surface area contributed by atoms with Gasteiger partial charge in [0.1, 0.15) is 0 Å². The summed E-state index contributed by atoms with van der Waals surface area (Å²) in [6.07, 6.45) is 8.65. The van der Waals surface area contributed by atoms with Crippen molar-refractivity contribution in [2.24, 2.45) is 11.8 Å². The molecule has 0 radical (unpaired) electrons. The number of ether oxygens (including phenoxy) is 1. The summed E-state index contributed by atoms with van der Waals surface area (Å²) in [5.74, 6) is 2.64. The smallest absolute Gasteiger partial charge is 0.225 e. The van der Waals surface area contributed by atoms with E-state index in [0.717, 1.165) is 38.1 Å². The molecule has 1 spiro atoms. The van der Waals surface area contributed by atoms with Crippen LogP contribution in [-0.4, -0.2) is 55.1 Å². The first-order chi connectivity index (χ1) is 13.0. The molecule has 2 saturated carbocycles.